The Kier molecular flexibility index (Phi) is 1.78. The molecule has 0 aromatic carbocycles. The van der Waals surface area contributed by atoms with E-state index in [0.29, 0.717) is 0 Å². The molecule has 1 unspecified atom stereocenters. The van der Waals surface area contributed by atoms with Crippen LogP contribution in [0.4, 0.5) is 0 Å². The maximum absolute atomic E-state index is 5.59. The van der Waals surface area contributed by atoms with Crippen molar-refractivity contribution in [3.8, 4) is 0 Å². The second kappa shape index (κ2) is 2.41. The van der Waals surface area contributed by atoms with E-state index in [1.165, 1.54) is 11.5 Å². The molecule has 1 heterocycles. The predicted molar refractivity (Wildman–Crippen MR) is 37.2 cm³/mol. The first-order valence-electron chi connectivity index (χ1n) is 2.76. The molecule has 50 valence electrons. The molecule has 0 aliphatic heterocycles. The Morgan fingerprint density at radius 3 is 2.56 bits per heavy atom. The predicted octanol–water partition coefficient (Wildman–Crippen LogP) is 0.866. The highest BCUT2D eigenvalue weighted by atomic mass is 32.1. The quantitative estimate of drug-likeness (QED) is 0.634. The Balaban J connectivity index is 2.94. The summed E-state index contributed by atoms with van der Waals surface area (Å²) in [5, 5.41) is 3.83. The van der Waals surface area contributed by atoms with E-state index in [4.69, 9.17) is 5.73 Å². The largest absolute Gasteiger partial charge is 0.323 e. The normalized spacial score (nSPS) is 13.7. The maximum atomic E-state index is 5.59. The molecule has 0 radical (unpaired) electrons. The molecular formula is C5H9N3S. The average molecular weight is 143 g/mol. The molecule has 0 fully saturated rings. The summed E-state index contributed by atoms with van der Waals surface area (Å²) in [7, 11) is 0. The van der Waals surface area contributed by atoms with Crippen molar-refractivity contribution in [2.75, 3.05) is 0 Å². The number of aryl methyl sites for hydroxylation is 1. The van der Waals surface area contributed by atoms with Gasteiger partial charge < -0.3 is 5.73 Å². The molecule has 3 nitrogen and oxygen atoms in total. The molecule has 4 heteroatoms. The third kappa shape index (κ3) is 1.25. The van der Waals surface area contributed by atoms with Crippen molar-refractivity contribution in [3.05, 3.63) is 10.6 Å². The molecule has 1 rings (SSSR count). The molecule has 0 amide bonds. The van der Waals surface area contributed by atoms with Gasteiger partial charge in [0.1, 0.15) is 0 Å². The van der Waals surface area contributed by atoms with Gasteiger partial charge in [0.15, 0.2) is 0 Å². The number of nitrogens with zero attached hydrogens (tertiary/aromatic N) is 2. The summed E-state index contributed by atoms with van der Waals surface area (Å²) < 4.78 is 3.75. The minimum atomic E-state index is 0.0741. The van der Waals surface area contributed by atoms with Crippen molar-refractivity contribution < 1.29 is 0 Å². The smallest absolute Gasteiger partial charge is 0.0772 e. The zero-order chi connectivity index (χ0) is 6.85. The molecule has 0 bridgehead atoms. The number of hydrogen-bond acceptors (Lipinski definition) is 4. The number of rotatable bonds is 1. The first-order chi connectivity index (χ1) is 4.22. The van der Waals surface area contributed by atoms with Crippen LogP contribution in [-0.2, 0) is 0 Å². The standard InChI is InChI=1S/C5H9N3S/c1-3(6)5-4(2)7-8-9-5/h3H,6H2,1-2H3. The third-order valence-electron chi connectivity index (χ3n) is 1.10. The van der Waals surface area contributed by atoms with Crippen LogP contribution in [0.15, 0.2) is 0 Å². The monoisotopic (exact) mass is 143 g/mol. The second-order valence-electron chi connectivity index (χ2n) is 2.01. The van der Waals surface area contributed by atoms with Crippen molar-refractivity contribution in [3.63, 3.8) is 0 Å². The molecular weight excluding hydrogens is 134 g/mol. The summed E-state index contributed by atoms with van der Waals surface area (Å²) >= 11 is 1.37. The van der Waals surface area contributed by atoms with Crippen molar-refractivity contribution in [2.45, 2.75) is 19.9 Å². The second-order valence-corrected chi connectivity index (χ2v) is 2.80. The fraction of sp³-hybridized carbons (Fsp3) is 0.600. The summed E-state index contributed by atoms with van der Waals surface area (Å²) in [6.07, 6.45) is 0. The van der Waals surface area contributed by atoms with Crippen LogP contribution >= 0.6 is 11.5 Å². The minimum Gasteiger partial charge on any atom is -0.323 e. The molecule has 1 aromatic rings. The lowest BCUT2D eigenvalue weighted by Gasteiger charge is -1.97. The van der Waals surface area contributed by atoms with Gasteiger partial charge in [0.25, 0.3) is 0 Å². The van der Waals surface area contributed by atoms with Crippen LogP contribution in [0.3, 0.4) is 0 Å². The van der Waals surface area contributed by atoms with Gasteiger partial charge in [-0.25, -0.2) is 0 Å². The topological polar surface area (TPSA) is 51.8 Å². The molecule has 0 aliphatic carbocycles. The highest BCUT2D eigenvalue weighted by Gasteiger charge is 2.05. The van der Waals surface area contributed by atoms with Crippen LogP contribution < -0.4 is 5.73 Å². The third-order valence-corrected chi connectivity index (χ3v) is 2.13. The summed E-state index contributed by atoms with van der Waals surface area (Å²) in [6, 6.07) is 0.0741. The highest BCUT2D eigenvalue weighted by molar-refractivity contribution is 7.05. The van der Waals surface area contributed by atoms with Gasteiger partial charge >= 0.3 is 0 Å². The molecule has 0 saturated carbocycles. The Bertz CT molecular complexity index is 194. The SMILES string of the molecule is Cc1nnsc1C(C)N. The van der Waals surface area contributed by atoms with Gasteiger partial charge in [0, 0.05) is 6.04 Å². The van der Waals surface area contributed by atoms with Crippen LogP contribution in [0.1, 0.15) is 23.5 Å². The van der Waals surface area contributed by atoms with Gasteiger partial charge in [-0.1, -0.05) is 4.49 Å². The van der Waals surface area contributed by atoms with Crippen LogP contribution in [-0.4, -0.2) is 9.59 Å². The van der Waals surface area contributed by atoms with Gasteiger partial charge in [0.05, 0.1) is 10.6 Å². The van der Waals surface area contributed by atoms with E-state index >= 15 is 0 Å². The molecule has 9 heavy (non-hydrogen) atoms. The molecule has 1 atom stereocenters. The fourth-order valence-corrected chi connectivity index (χ4v) is 1.24. The van der Waals surface area contributed by atoms with E-state index in [2.05, 4.69) is 9.59 Å². The van der Waals surface area contributed by atoms with Crippen LogP contribution in [0.2, 0.25) is 0 Å². The Hall–Kier alpha value is -0.480. The summed E-state index contributed by atoms with van der Waals surface area (Å²) in [5.41, 5.74) is 6.54. The number of hydrogen-bond donors (Lipinski definition) is 1. The van der Waals surface area contributed by atoms with Crippen LogP contribution in [0.5, 0.6) is 0 Å². The van der Waals surface area contributed by atoms with E-state index in [0.717, 1.165) is 10.6 Å². The first kappa shape index (κ1) is 6.64. The molecule has 1 aromatic heterocycles. The van der Waals surface area contributed by atoms with Crippen LogP contribution in [0, 0.1) is 6.92 Å². The van der Waals surface area contributed by atoms with Crippen molar-refractivity contribution >= 4 is 11.5 Å². The Labute approximate surface area is 58.1 Å². The van der Waals surface area contributed by atoms with E-state index in [1.807, 2.05) is 13.8 Å². The van der Waals surface area contributed by atoms with Gasteiger partial charge in [-0.3, -0.25) is 0 Å². The lowest BCUT2D eigenvalue weighted by molar-refractivity contribution is 0.823. The zero-order valence-electron chi connectivity index (χ0n) is 5.46. The molecule has 0 spiro atoms. The van der Waals surface area contributed by atoms with E-state index in [9.17, 15) is 0 Å². The van der Waals surface area contributed by atoms with Gasteiger partial charge in [0.2, 0.25) is 0 Å². The Morgan fingerprint density at radius 1 is 1.67 bits per heavy atom. The van der Waals surface area contributed by atoms with Crippen molar-refractivity contribution in [2.24, 2.45) is 5.73 Å². The minimum absolute atomic E-state index is 0.0741. The van der Waals surface area contributed by atoms with Gasteiger partial charge in [-0.15, -0.1) is 5.10 Å². The maximum Gasteiger partial charge on any atom is 0.0772 e. The molecule has 0 saturated heterocycles. The summed E-state index contributed by atoms with van der Waals surface area (Å²) in [5.74, 6) is 0. The summed E-state index contributed by atoms with van der Waals surface area (Å²) in [6.45, 7) is 3.85. The number of aromatic nitrogens is 2. The average Bonchev–Trinajstić information content (AvgIpc) is 2.13. The van der Waals surface area contributed by atoms with Gasteiger partial charge in [-0.05, 0) is 25.4 Å². The van der Waals surface area contributed by atoms with E-state index in [1.54, 1.807) is 0 Å². The van der Waals surface area contributed by atoms with E-state index < -0.39 is 0 Å². The van der Waals surface area contributed by atoms with Crippen molar-refractivity contribution in [1.82, 2.24) is 9.59 Å². The molecule has 0 aliphatic rings. The fourth-order valence-electron chi connectivity index (χ4n) is 0.654. The lowest BCUT2D eigenvalue weighted by Crippen LogP contribution is -2.03. The first-order valence-corrected chi connectivity index (χ1v) is 3.53. The van der Waals surface area contributed by atoms with E-state index in [-0.39, 0.29) is 6.04 Å². The van der Waals surface area contributed by atoms with Crippen molar-refractivity contribution in [1.29, 1.82) is 0 Å². The zero-order valence-corrected chi connectivity index (χ0v) is 6.27. The van der Waals surface area contributed by atoms with Crippen LogP contribution in [0.25, 0.3) is 0 Å². The number of nitrogens with two attached hydrogens (primary N) is 1. The summed E-state index contributed by atoms with van der Waals surface area (Å²) in [4.78, 5) is 1.08. The van der Waals surface area contributed by atoms with Gasteiger partial charge in [-0.2, -0.15) is 0 Å². The molecule has 2 N–H and O–H groups in total. The highest BCUT2D eigenvalue weighted by Crippen LogP contribution is 2.15. The Morgan fingerprint density at radius 2 is 2.33 bits per heavy atom. The lowest BCUT2D eigenvalue weighted by atomic mass is 10.2.